The summed E-state index contributed by atoms with van der Waals surface area (Å²) >= 11 is 0. The fourth-order valence-corrected chi connectivity index (χ4v) is 5.25. The lowest BCUT2D eigenvalue weighted by Gasteiger charge is -2.35. The Morgan fingerprint density at radius 2 is 2.11 bits per heavy atom. The normalized spacial score (nSPS) is 21.9. The number of carbonyl (C=O) groups excluding carboxylic acids is 2. The number of aliphatic hydroxyl groups is 1. The average molecular weight is 476 g/mol. The van der Waals surface area contributed by atoms with E-state index in [0.29, 0.717) is 37.4 Å². The third-order valence-corrected chi connectivity index (χ3v) is 7.26. The van der Waals surface area contributed by atoms with Gasteiger partial charge >= 0.3 is 5.97 Å². The smallest absolute Gasteiger partial charge is 0.338 e. The van der Waals surface area contributed by atoms with E-state index in [1.165, 1.54) is 11.0 Å². The molecule has 0 bridgehead atoms. The maximum absolute atomic E-state index is 13.0. The molecule has 1 amide bonds. The molecule has 6 rings (SSSR count). The number of ether oxygens (including phenoxy) is 1. The molecule has 1 saturated carbocycles. The Balaban J connectivity index is 1.06. The van der Waals surface area contributed by atoms with E-state index in [4.69, 9.17) is 4.74 Å². The van der Waals surface area contributed by atoms with E-state index >= 15 is 0 Å². The molecule has 3 aromatic rings. The maximum atomic E-state index is 13.0. The van der Waals surface area contributed by atoms with Crippen LogP contribution in [0.5, 0.6) is 0 Å². The fourth-order valence-electron chi connectivity index (χ4n) is 5.25. The molecule has 11 nitrogen and oxygen atoms in total. The van der Waals surface area contributed by atoms with Gasteiger partial charge in [0.1, 0.15) is 12.9 Å². The van der Waals surface area contributed by atoms with Crippen LogP contribution in [0, 0.1) is 6.92 Å². The lowest BCUT2D eigenvalue weighted by Crippen LogP contribution is -2.50. The van der Waals surface area contributed by atoms with Gasteiger partial charge in [-0.25, -0.2) is 9.78 Å². The van der Waals surface area contributed by atoms with Crippen LogP contribution in [0.2, 0.25) is 0 Å². The molecule has 0 spiro atoms. The Morgan fingerprint density at radius 1 is 1.23 bits per heavy atom. The van der Waals surface area contributed by atoms with Crippen molar-refractivity contribution in [2.24, 2.45) is 0 Å². The van der Waals surface area contributed by atoms with Crippen LogP contribution in [0.4, 0.5) is 0 Å². The SMILES string of the molecule is Cc1c([C@@H](O)CN2CCN(C(=O)Cc3ccc(-n4cnnn4)nc3)C3CC32)ccc2c1COC2=O. The molecule has 3 atom stereocenters. The van der Waals surface area contributed by atoms with Crippen molar-refractivity contribution in [1.29, 1.82) is 0 Å². The number of esters is 1. The second kappa shape index (κ2) is 8.51. The first-order chi connectivity index (χ1) is 17.0. The molecule has 4 heterocycles. The number of aromatic nitrogens is 5. The van der Waals surface area contributed by atoms with Crippen molar-refractivity contribution in [1.82, 2.24) is 35.0 Å². The molecule has 2 aromatic heterocycles. The van der Waals surface area contributed by atoms with E-state index < -0.39 is 6.10 Å². The first kappa shape index (κ1) is 21.8. The van der Waals surface area contributed by atoms with Crippen molar-refractivity contribution in [3.8, 4) is 5.82 Å². The highest BCUT2D eigenvalue weighted by Crippen LogP contribution is 2.38. The van der Waals surface area contributed by atoms with Gasteiger partial charge < -0.3 is 14.7 Å². The number of carbonyl (C=O) groups is 2. The van der Waals surface area contributed by atoms with E-state index in [9.17, 15) is 14.7 Å². The number of piperazine rings is 1. The zero-order valence-corrected chi connectivity index (χ0v) is 19.2. The number of rotatable bonds is 6. The molecule has 0 radical (unpaired) electrons. The molecule has 2 aliphatic heterocycles. The Hall–Kier alpha value is -3.70. The fraction of sp³-hybridized carbons (Fsp3) is 0.417. The van der Waals surface area contributed by atoms with Gasteiger partial charge in [0.15, 0.2) is 5.82 Å². The highest BCUT2D eigenvalue weighted by atomic mass is 16.5. The quantitative estimate of drug-likeness (QED) is 0.510. The topological polar surface area (TPSA) is 127 Å². The summed E-state index contributed by atoms with van der Waals surface area (Å²) in [4.78, 5) is 33.4. The van der Waals surface area contributed by atoms with Gasteiger partial charge in [-0.05, 0) is 52.6 Å². The number of aliphatic hydroxyl groups excluding tert-OH is 1. The Bertz CT molecular complexity index is 1280. The molecule has 2 fully saturated rings. The van der Waals surface area contributed by atoms with Crippen LogP contribution in [0.1, 0.15) is 45.1 Å². The summed E-state index contributed by atoms with van der Waals surface area (Å²) < 4.78 is 6.59. The monoisotopic (exact) mass is 475 g/mol. The van der Waals surface area contributed by atoms with Gasteiger partial charge in [0.25, 0.3) is 0 Å². The molecule has 35 heavy (non-hydrogen) atoms. The zero-order chi connectivity index (χ0) is 24.1. The van der Waals surface area contributed by atoms with Crippen LogP contribution in [0.3, 0.4) is 0 Å². The molecule has 1 saturated heterocycles. The highest BCUT2D eigenvalue weighted by Gasteiger charge is 2.50. The van der Waals surface area contributed by atoms with Crippen LogP contribution >= 0.6 is 0 Å². The number of cyclic esters (lactones) is 1. The van der Waals surface area contributed by atoms with Crippen molar-refractivity contribution in [3.63, 3.8) is 0 Å². The minimum absolute atomic E-state index is 0.0915. The second-order valence-electron chi connectivity index (χ2n) is 9.31. The van der Waals surface area contributed by atoms with E-state index in [-0.39, 0.29) is 30.6 Å². The third kappa shape index (κ3) is 3.96. The minimum atomic E-state index is -0.663. The summed E-state index contributed by atoms with van der Waals surface area (Å²) in [5.74, 6) is 0.386. The minimum Gasteiger partial charge on any atom is -0.457 e. The van der Waals surface area contributed by atoms with Gasteiger partial charge in [0, 0.05) is 43.5 Å². The number of pyridine rings is 1. The van der Waals surface area contributed by atoms with Gasteiger partial charge in [-0.1, -0.05) is 12.1 Å². The van der Waals surface area contributed by atoms with Crippen molar-refractivity contribution < 1.29 is 19.4 Å². The first-order valence-electron chi connectivity index (χ1n) is 11.7. The Kier molecular flexibility index (Phi) is 5.30. The van der Waals surface area contributed by atoms with Crippen molar-refractivity contribution in [2.75, 3.05) is 19.6 Å². The molecule has 2 unspecified atom stereocenters. The average Bonchev–Trinajstić information content (AvgIpc) is 3.29. The lowest BCUT2D eigenvalue weighted by atomic mass is 9.95. The summed E-state index contributed by atoms with van der Waals surface area (Å²) in [5.41, 5.74) is 4.05. The largest absolute Gasteiger partial charge is 0.457 e. The summed E-state index contributed by atoms with van der Waals surface area (Å²) in [7, 11) is 0. The van der Waals surface area contributed by atoms with Crippen LogP contribution in [-0.2, 0) is 22.6 Å². The van der Waals surface area contributed by atoms with Gasteiger partial charge in [-0.3, -0.25) is 9.69 Å². The number of amides is 1. The van der Waals surface area contributed by atoms with Crippen LogP contribution in [0.15, 0.2) is 36.8 Å². The predicted octanol–water partition coefficient (Wildman–Crippen LogP) is 0.597. The third-order valence-electron chi connectivity index (χ3n) is 7.26. The number of hydrogen-bond acceptors (Lipinski definition) is 9. The second-order valence-corrected chi connectivity index (χ2v) is 9.31. The van der Waals surface area contributed by atoms with Crippen molar-refractivity contribution >= 4 is 11.9 Å². The molecule has 1 N–H and O–H groups in total. The van der Waals surface area contributed by atoms with Crippen molar-refractivity contribution in [3.05, 3.63) is 64.6 Å². The number of benzene rings is 1. The van der Waals surface area contributed by atoms with Crippen LogP contribution in [0.25, 0.3) is 5.82 Å². The molecule has 1 aromatic carbocycles. The van der Waals surface area contributed by atoms with E-state index in [1.807, 2.05) is 24.0 Å². The van der Waals surface area contributed by atoms with Gasteiger partial charge in [0.2, 0.25) is 5.91 Å². The molecule has 1 aliphatic carbocycles. The van der Waals surface area contributed by atoms with E-state index in [2.05, 4.69) is 25.4 Å². The number of fused-ring (bicyclic) bond motifs is 2. The Labute approximate surface area is 201 Å². The molecule has 3 aliphatic rings. The van der Waals surface area contributed by atoms with E-state index in [1.54, 1.807) is 18.3 Å². The van der Waals surface area contributed by atoms with Gasteiger partial charge in [-0.15, -0.1) is 5.10 Å². The number of nitrogens with zero attached hydrogens (tertiary/aromatic N) is 7. The molecule has 11 heteroatoms. The van der Waals surface area contributed by atoms with Crippen LogP contribution < -0.4 is 0 Å². The summed E-state index contributed by atoms with van der Waals surface area (Å²) in [6.07, 6.45) is 3.70. The van der Waals surface area contributed by atoms with Crippen molar-refractivity contribution in [2.45, 2.75) is 44.6 Å². The molecular formula is C24H25N7O4. The summed E-state index contributed by atoms with van der Waals surface area (Å²) in [6.45, 7) is 4.04. The number of β-amino-alcohol motifs (C(OH)–C–C–N with tert-alkyl or cyclic N) is 1. The highest BCUT2D eigenvalue weighted by molar-refractivity contribution is 5.94. The summed E-state index contributed by atoms with van der Waals surface area (Å²) in [6, 6.07) is 7.69. The first-order valence-corrected chi connectivity index (χ1v) is 11.7. The molecule has 180 valence electrons. The lowest BCUT2D eigenvalue weighted by molar-refractivity contribution is -0.132. The number of hydrogen-bond donors (Lipinski definition) is 1. The zero-order valence-electron chi connectivity index (χ0n) is 19.2. The van der Waals surface area contributed by atoms with Gasteiger partial charge in [-0.2, -0.15) is 4.68 Å². The molecular weight excluding hydrogens is 450 g/mol. The Morgan fingerprint density at radius 3 is 2.89 bits per heavy atom. The maximum Gasteiger partial charge on any atom is 0.338 e. The standard InChI is InChI=1S/C24H25N7O4/c1-14-16(3-4-17-18(14)12-35-24(17)34)21(32)11-29-6-7-30(20-9-19(20)29)23(33)8-15-2-5-22(25-10-15)31-13-26-27-28-31/h2-5,10,13,19-21,32H,6-9,11-12H2,1H3/t19?,20?,21-/m0/s1. The van der Waals surface area contributed by atoms with E-state index in [0.717, 1.165) is 28.7 Å². The van der Waals surface area contributed by atoms with Gasteiger partial charge in [0.05, 0.1) is 18.1 Å². The summed E-state index contributed by atoms with van der Waals surface area (Å²) in [5, 5.41) is 22.0. The predicted molar refractivity (Wildman–Crippen MR) is 121 cm³/mol. The van der Waals surface area contributed by atoms with Crippen LogP contribution in [-0.4, -0.2) is 83.7 Å². The number of tetrazole rings is 1.